The second-order valence-corrected chi connectivity index (χ2v) is 7.85. The van der Waals surface area contributed by atoms with E-state index in [9.17, 15) is 4.79 Å². The maximum absolute atomic E-state index is 10.4. The number of hydrogen-bond acceptors (Lipinski definition) is 1. The van der Waals surface area contributed by atoms with E-state index in [2.05, 4.69) is 19.1 Å². The number of carboxylic acids is 1. The zero-order valence-corrected chi connectivity index (χ0v) is 17.7. The molecule has 0 aliphatic carbocycles. The number of allylic oxidation sites excluding steroid dienone is 2. The molecule has 0 aliphatic heterocycles. The molecule has 0 aromatic rings. The molecule has 0 spiro atoms. The summed E-state index contributed by atoms with van der Waals surface area (Å²) in [6.45, 7) is 2.28. The normalized spacial score (nSPS) is 11.4. The zero-order valence-electron chi connectivity index (χ0n) is 17.7. The zero-order chi connectivity index (χ0) is 19.1. The first-order valence-corrected chi connectivity index (χ1v) is 11.6. The van der Waals surface area contributed by atoms with Gasteiger partial charge in [0.25, 0.3) is 0 Å². The van der Waals surface area contributed by atoms with Crippen LogP contribution in [0.15, 0.2) is 12.2 Å². The first kappa shape index (κ1) is 25.2. The molecule has 0 saturated heterocycles. The first-order chi connectivity index (χ1) is 12.8. The standard InChI is InChI=1S/C24H46O2/c1-2-3-4-5-6-7-8-9-10-11-12-13-14-15-16-17-18-19-20-21-22-23-24(25)26/h18-19H,2-17,20-23H2,1H3,(H,25,26). The molecule has 1 N–H and O–H groups in total. The van der Waals surface area contributed by atoms with Gasteiger partial charge in [0.2, 0.25) is 0 Å². The van der Waals surface area contributed by atoms with Gasteiger partial charge in [-0.25, -0.2) is 0 Å². The Morgan fingerprint density at radius 3 is 1.31 bits per heavy atom. The van der Waals surface area contributed by atoms with Crippen LogP contribution in [-0.4, -0.2) is 11.1 Å². The lowest BCUT2D eigenvalue weighted by molar-refractivity contribution is -0.137. The van der Waals surface area contributed by atoms with Crippen LogP contribution < -0.4 is 0 Å². The highest BCUT2D eigenvalue weighted by Crippen LogP contribution is 2.13. The first-order valence-electron chi connectivity index (χ1n) is 11.6. The van der Waals surface area contributed by atoms with E-state index in [1.165, 1.54) is 103 Å². The molecule has 0 aliphatic rings. The van der Waals surface area contributed by atoms with Gasteiger partial charge in [-0.3, -0.25) is 4.79 Å². The summed E-state index contributed by atoms with van der Waals surface area (Å²) in [5.74, 6) is -0.674. The van der Waals surface area contributed by atoms with Crippen molar-refractivity contribution in [2.75, 3.05) is 0 Å². The second kappa shape index (κ2) is 22.3. The maximum Gasteiger partial charge on any atom is 0.303 e. The van der Waals surface area contributed by atoms with Crippen LogP contribution in [0.25, 0.3) is 0 Å². The molecule has 0 aromatic carbocycles. The van der Waals surface area contributed by atoms with Gasteiger partial charge >= 0.3 is 5.97 Å². The highest BCUT2D eigenvalue weighted by molar-refractivity contribution is 5.66. The lowest BCUT2D eigenvalue weighted by Crippen LogP contribution is -1.92. The van der Waals surface area contributed by atoms with E-state index in [0.717, 1.165) is 19.3 Å². The fourth-order valence-electron chi connectivity index (χ4n) is 3.41. The van der Waals surface area contributed by atoms with Gasteiger partial charge in [0.15, 0.2) is 0 Å². The number of hydrogen-bond donors (Lipinski definition) is 1. The minimum atomic E-state index is -0.674. The van der Waals surface area contributed by atoms with Crippen molar-refractivity contribution in [2.45, 2.75) is 135 Å². The summed E-state index contributed by atoms with van der Waals surface area (Å²) in [5.41, 5.74) is 0. The lowest BCUT2D eigenvalue weighted by atomic mass is 10.0. The van der Waals surface area contributed by atoms with E-state index < -0.39 is 5.97 Å². The van der Waals surface area contributed by atoms with Crippen molar-refractivity contribution in [1.82, 2.24) is 0 Å². The van der Waals surface area contributed by atoms with E-state index in [-0.39, 0.29) is 0 Å². The summed E-state index contributed by atoms with van der Waals surface area (Å²) in [7, 11) is 0. The Morgan fingerprint density at radius 1 is 0.577 bits per heavy atom. The van der Waals surface area contributed by atoms with Crippen molar-refractivity contribution in [3.63, 3.8) is 0 Å². The molecule has 0 atom stereocenters. The minimum absolute atomic E-state index is 0.312. The van der Waals surface area contributed by atoms with Crippen LogP contribution in [0.4, 0.5) is 0 Å². The molecule has 0 heterocycles. The predicted molar refractivity (Wildman–Crippen MR) is 115 cm³/mol. The largest absolute Gasteiger partial charge is 0.481 e. The lowest BCUT2D eigenvalue weighted by Gasteiger charge is -2.03. The summed E-state index contributed by atoms with van der Waals surface area (Å²) < 4.78 is 0. The third kappa shape index (κ3) is 23.2. The van der Waals surface area contributed by atoms with Crippen LogP contribution in [0.5, 0.6) is 0 Å². The van der Waals surface area contributed by atoms with Crippen molar-refractivity contribution in [3.8, 4) is 0 Å². The fraction of sp³-hybridized carbons (Fsp3) is 0.875. The predicted octanol–water partition coefficient (Wildman–Crippen LogP) is 8.45. The van der Waals surface area contributed by atoms with E-state index in [4.69, 9.17) is 5.11 Å². The molecular formula is C24H46O2. The molecule has 154 valence electrons. The Kier molecular flexibility index (Phi) is 21.6. The van der Waals surface area contributed by atoms with Crippen molar-refractivity contribution in [1.29, 1.82) is 0 Å². The smallest absolute Gasteiger partial charge is 0.303 e. The maximum atomic E-state index is 10.4. The third-order valence-corrected chi connectivity index (χ3v) is 5.15. The van der Waals surface area contributed by atoms with Crippen LogP contribution in [0, 0.1) is 0 Å². The number of rotatable bonds is 21. The van der Waals surface area contributed by atoms with Gasteiger partial charge in [0, 0.05) is 6.42 Å². The highest BCUT2D eigenvalue weighted by Gasteiger charge is 1.95. The number of unbranched alkanes of at least 4 members (excludes halogenated alkanes) is 17. The average Bonchev–Trinajstić information content (AvgIpc) is 2.62. The van der Waals surface area contributed by atoms with Crippen molar-refractivity contribution < 1.29 is 9.90 Å². The summed E-state index contributed by atoms with van der Waals surface area (Å²) in [4.78, 5) is 10.4. The molecule has 0 bridgehead atoms. The Morgan fingerprint density at radius 2 is 0.923 bits per heavy atom. The Bertz CT molecular complexity index is 309. The SMILES string of the molecule is CCCCCCCCCCCCCCCCCC=CCCCCC(=O)O. The molecule has 0 rings (SSSR count). The fourth-order valence-corrected chi connectivity index (χ4v) is 3.41. The van der Waals surface area contributed by atoms with Crippen LogP contribution in [0.1, 0.15) is 135 Å². The van der Waals surface area contributed by atoms with Crippen molar-refractivity contribution in [3.05, 3.63) is 12.2 Å². The van der Waals surface area contributed by atoms with E-state index >= 15 is 0 Å². The molecule has 0 aromatic heterocycles. The number of carboxylic acid groups (broad SMARTS) is 1. The van der Waals surface area contributed by atoms with Gasteiger partial charge in [-0.1, -0.05) is 109 Å². The summed E-state index contributed by atoms with van der Waals surface area (Å²) >= 11 is 0. The second-order valence-electron chi connectivity index (χ2n) is 7.85. The van der Waals surface area contributed by atoms with Crippen molar-refractivity contribution in [2.24, 2.45) is 0 Å². The van der Waals surface area contributed by atoms with Crippen LogP contribution in [0.2, 0.25) is 0 Å². The van der Waals surface area contributed by atoms with E-state index in [0.29, 0.717) is 6.42 Å². The van der Waals surface area contributed by atoms with Gasteiger partial charge in [-0.2, -0.15) is 0 Å². The molecule has 0 unspecified atom stereocenters. The van der Waals surface area contributed by atoms with Crippen LogP contribution in [0.3, 0.4) is 0 Å². The summed E-state index contributed by atoms with van der Waals surface area (Å²) in [6.07, 6.45) is 30.1. The molecule has 0 amide bonds. The van der Waals surface area contributed by atoms with Gasteiger partial charge in [-0.05, 0) is 32.1 Å². The monoisotopic (exact) mass is 366 g/mol. The van der Waals surface area contributed by atoms with Gasteiger partial charge < -0.3 is 5.11 Å². The minimum Gasteiger partial charge on any atom is -0.481 e. The number of carbonyl (C=O) groups is 1. The molecule has 0 fully saturated rings. The topological polar surface area (TPSA) is 37.3 Å². The molecule has 0 radical (unpaired) electrons. The van der Waals surface area contributed by atoms with Crippen LogP contribution in [-0.2, 0) is 4.79 Å². The quantitative estimate of drug-likeness (QED) is 0.163. The third-order valence-electron chi connectivity index (χ3n) is 5.15. The Labute approximate surface area is 163 Å². The van der Waals surface area contributed by atoms with Crippen LogP contribution >= 0.6 is 0 Å². The van der Waals surface area contributed by atoms with E-state index in [1.807, 2.05) is 0 Å². The van der Waals surface area contributed by atoms with Crippen molar-refractivity contribution >= 4 is 5.97 Å². The molecule has 0 saturated carbocycles. The molecular weight excluding hydrogens is 320 g/mol. The van der Waals surface area contributed by atoms with Gasteiger partial charge in [0.1, 0.15) is 0 Å². The number of aliphatic carboxylic acids is 1. The highest BCUT2D eigenvalue weighted by atomic mass is 16.4. The van der Waals surface area contributed by atoms with Gasteiger partial charge in [0.05, 0.1) is 0 Å². The molecule has 2 heteroatoms. The summed E-state index contributed by atoms with van der Waals surface area (Å²) in [6, 6.07) is 0. The van der Waals surface area contributed by atoms with Gasteiger partial charge in [-0.15, -0.1) is 0 Å². The average molecular weight is 367 g/mol. The Hall–Kier alpha value is -0.790. The molecule has 2 nitrogen and oxygen atoms in total. The summed E-state index contributed by atoms with van der Waals surface area (Å²) in [5, 5.41) is 8.55. The van der Waals surface area contributed by atoms with E-state index in [1.54, 1.807) is 0 Å². The Balaban J connectivity index is 3.05. The molecule has 26 heavy (non-hydrogen) atoms.